The van der Waals surface area contributed by atoms with E-state index in [4.69, 9.17) is 16.3 Å². The number of halogens is 1. The number of hydrogen-bond acceptors (Lipinski definition) is 6. The minimum absolute atomic E-state index is 0.191. The van der Waals surface area contributed by atoms with Crippen molar-refractivity contribution < 1.29 is 9.53 Å². The van der Waals surface area contributed by atoms with E-state index in [0.29, 0.717) is 46.2 Å². The Morgan fingerprint density at radius 3 is 2.76 bits per heavy atom. The van der Waals surface area contributed by atoms with E-state index < -0.39 is 0 Å². The van der Waals surface area contributed by atoms with Crippen LogP contribution in [0.3, 0.4) is 0 Å². The fourth-order valence-electron chi connectivity index (χ4n) is 4.24. The average Bonchev–Trinajstić information content (AvgIpc) is 2.87. The fraction of sp³-hybridized carbons (Fsp3) is 0.346. The first-order chi connectivity index (χ1) is 16.6. The highest BCUT2D eigenvalue weighted by atomic mass is 35.5. The standard InChI is InChI=1S/C26H28ClN5O2/c1-34-24-8-6-19(14-22(24)27)16-31-25-20-13-18(15-28)5-7-23(20)30-17-21(25)26(33)29-9-12-32-10-3-2-4-11-32/h5-8,13-14,17H,2-4,9-12,16H2,1H3,(H,29,33)(H,30,31). The van der Waals surface area contributed by atoms with Crippen LogP contribution in [-0.2, 0) is 6.54 Å². The predicted molar refractivity (Wildman–Crippen MR) is 134 cm³/mol. The molecule has 8 heteroatoms. The van der Waals surface area contributed by atoms with Gasteiger partial charge in [-0.25, -0.2) is 0 Å². The summed E-state index contributed by atoms with van der Waals surface area (Å²) in [5.74, 6) is 0.413. The Morgan fingerprint density at radius 2 is 2.03 bits per heavy atom. The number of carbonyl (C=O) groups is 1. The molecule has 0 spiro atoms. The van der Waals surface area contributed by atoms with Crippen LogP contribution in [0.1, 0.15) is 40.7 Å². The van der Waals surface area contributed by atoms with E-state index in [9.17, 15) is 10.1 Å². The predicted octanol–water partition coefficient (Wildman–Crippen LogP) is 4.60. The molecule has 1 aliphatic rings. The molecule has 4 rings (SSSR count). The third-order valence-corrected chi connectivity index (χ3v) is 6.38. The lowest BCUT2D eigenvalue weighted by Crippen LogP contribution is -2.37. The number of hydrogen-bond donors (Lipinski definition) is 2. The molecule has 1 aromatic heterocycles. The van der Waals surface area contributed by atoms with Crippen LogP contribution < -0.4 is 15.4 Å². The molecule has 1 aliphatic heterocycles. The molecular formula is C26H28ClN5O2. The largest absolute Gasteiger partial charge is 0.495 e. The van der Waals surface area contributed by atoms with Crippen molar-refractivity contribution >= 4 is 34.1 Å². The molecule has 176 valence electrons. The molecule has 2 aromatic carbocycles. The number of anilines is 1. The van der Waals surface area contributed by atoms with Crippen molar-refractivity contribution in [1.29, 1.82) is 5.26 Å². The number of fused-ring (bicyclic) bond motifs is 1. The van der Waals surface area contributed by atoms with Gasteiger partial charge in [0.15, 0.2) is 0 Å². The normalized spacial score (nSPS) is 13.9. The number of ether oxygens (including phenoxy) is 1. The van der Waals surface area contributed by atoms with Crippen molar-refractivity contribution in [2.24, 2.45) is 0 Å². The number of piperidine rings is 1. The maximum absolute atomic E-state index is 13.1. The lowest BCUT2D eigenvalue weighted by molar-refractivity contribution is 0.0947. The van der Waals surface area contributed by atoms with Crippen LogP contribution in [0.2, 0.25) is 5.02 Å². The molecule has 0 saturated carbocycles. The number of nitriles is 1. The van der Waals surface area contributed by atoms with Crippen LogP contribution in [0, 0.1) is 11.3 Å². The van der Waals surface area contributed by atoms with Gasteiger partial charge in [-0.1, -0.05) is 24.1 Å². The average molecular weight is 478 g/mol. The molecule has 2 N–H and O–H groups in total. The van der Waals surface area contributed by atoms with Crippen molar-refractivity contribution in [2.45, 2.75) is 25.8 Å². The number of rotatable bonds is 8. The van der Waals surface area contributed by atoms with Crippen LogP contribution in [0.4, 0.5) is 5.69 Å². The van der Waals surface area contributed by atoms with Gasteiger partial charge in [0.05, 0.1) is 40.5 Å². The van der Waals surface area contributed by atoms with E-state index in [1.54, 1.807) is 31.5 Å². The lowest BCUT2D eigenvalue weighted by Gasteiger charge is -2.26. The molecule has 1 fully saturated rings. The summed E-state index contributed by atoms with van der Waals surface area (Å²) < 4.78 is 5.23. The van der Waals surface area contributed by atoms with Gasteiger partial charge in [0.1, 0.15) is 5.75 Å². The molecule has 0 aliphatic carbocycles. The van der Waals surface area contributed by atoms with Gasteiger partial charge in [0, 0.05) is 31.2 Å². The molecule has 7 nitrogen and oxygen atoms in total. The number of benzene rings is 2. The topological polar surface area (TPSA) is 90.3 Å². The van der Waals surface area contributed by atoms with Gasteiger partial charge < -0.3 is 20.3 Å². The zero-order valence-electron chi connectivity index (χ0n) is 19.2. The van der Waals surface area contributed by atoms with Gasteiger partial charge in [-0.15, -0.1) is 0 Å². The molecule has 0 bridgehead atoms. The number of pyridine rings is 1. The number of methoxy groups -OCH3 is 1. The number of carbonyl (C=O) groups excluding carboxylic acids is 1. The molecule has 2 heterocycles. The molecular weight excluding hydrogens is 450 g/mol. The van der Waals surface area contributed by atoms with E-state index >= 15 is 0 Å². The van der Waals surface area contributed by atoms with Gasteiger partial charge in [0.25, 0.3) is 5.91 Å². The first-order valence-electron chi connectivity index (χ1n) is 11.5. The molecule has 3 aromatic rings. The van der Waals surface area contributed by atoms with Crippen molar-refractivity contribution in [1.82, 2.24) is 15.2 Å². The summed E-state index contributed by atoms with van der Waals surface area (Å²) >= 11 is 6.28. The van der Waals surface area contributed by atoms with Crippen LogP contribution in [0.15, 0.2) is 42.6 Å². The number of likely N-dealkylation sites (tertiary alicyclic amines) is 1. The molecule has 0 radical (unpaired) electrons. The number of nitrogens with zero attached hydrogens (tertiary/aromatic N) is 3. The second-order valence-electron chi connectivity index (χ2n) is 8.37. The van der Waals surface area contributed by atoms with Gasteiger partial charge in [-0.3, -0.25) is 9.78 Å². The van der Waals surface area contributed by atoms with Crippen molar-refractivity contribution in [3.63, 3.8) is 0 Å². The van der Waals surface area contributed by atoms with Crippen molar-refractivity contribution in [3.8, 4) is 11.8 Å². The Kier molecular flexibility index (Phi) is 7.84. The molecule has 1 saturated heterocycles. The van der Waals surface area contributed by atoms with Gasteiger partial charge in [0.2, 0.25) is 0 Å². The monoisotopic (exact) mass is 477 g/mol. The Morgan fingerprint density at radius 1 is 1.21 bits per heavy atom. The highest BCUT2D eigenvalue weighted by Gasteiger charge is 2.17. The van der Waals surface area contributed by atoms with Gasteiger partial charge in [-0.05, 0) is 61.8 Å². The Hall–Kier alpha value is -3.34. The minimum atomic E-state index is -0.191. The maximum Gasteiger partial charge on any atom is 0.255 e. The Labute approximate surface area is 204 Å². The fourth-order valence-corrected chi connectivity index (χ4v) is 4.52. The van der Waals surface area contributed by atoms with Crippen molar-refractivity contribution in [3.05, 3.63) is 64.3 Å². The first-order valence-corrected chi connectivity index (χ1v) is 11.9. The van der Waals surface area contributed by atoms with E-state index in [-0.39, 0.29) is 5.91 Å². The smallest absolute Gasteiger partial charge is 0.255 e. The van der Waals surface area contributed by atoms with Crippen LogP contribution >= 0.6 is 11.6 Å². The summed E-state index contributed by atoms with van der Waals surface area (Å²) in [5.41, 5.74) is 3.24. The van der Waals surface area contributed by atoms with Gasteiger partial charge >= 0.3 is 0 Å². The highest BCUT2D eigenvalue weighted by molar-refractivity contribution is 6.32. The van der Waals surface area contributed by atoms with E-state index in [2.05, 4.69) is 26.6 Å². The molecule has 0 atom stereocenters. The van der Waals surface area contributed by atoms with Crippen LogP contribution in [0.5, 0.6) is 5.75 Å². The van der Waals surface area contributed by atoms with Crippen LogP contribution in [0.25, 0.3) is 10.9 Å². The number of nitrogens with one attached hydrogen (secondary N) is 2. The molecule has 34 heavy (non-hydrogen) atoms. The maximum atomic E-state index is 13.1. The minimum Gasteiger partial charge on any atom is -0.495 e. The lowest BCUT2D eigenvalue weighted by atomic mass is 10.1. The second-order valence-corrected chi connectivity index (χ2v) is 8.78. The third kappa shape index (κ3) is 5.58. The number of aromatic nitrogens is 1. The van der Waals surface area contributed by atoms with Crippen LogP contribution in [-0.4, -0.2) is 49.1 Å². The highest BCUT2D eigenvalue weighted by Crippen LogP contribution is 2.29. The quantitative estimate of drug-likeness (QED) is 0.493. The summed E-state index contributed by atoms with van der Waals surface area (Å²) in [5, 5.41) is 17.1. The molecule has 0 unspecified atom stereocenters. The van der Waals surface area contributed by atoms with E-state index in [1.165, 1.54) is 19.3 Å². The zero-order valence-corrected chi connectivity index (χ0v) is 20.0. The summed E-state index contributed by atoms with van der Waals surface area (Å²) in [6.45, 7) is 4.01. The summed E-state index contributed by atoms with van der Waals surface area (Å²) in [6, 6.07) is 13.0. The molecule has 1 amide bonds. The van der Waals surface area contributed by atoms with Crippen molar-refractivity contribution in [2.75, 3.05) is 38.6 Å². The zero-order chi connectivity index (χ0) is 23.9. The SMILES string of the molecule is COc1ccc(CNc2c(C(=O)NCCN3CCCCC3)cnc3ccc(C#N)cc23)cc1Cl. The summed E-state index contributed by atoms with van der Waals surface area (Å²) in [6.07, 6.45) is 5.30. The number of amides is 1. The summed E-state index contributed by atoms with van der Waals surface area (Å²) in [7, 11) is 1.57. The van der Waals surface area contributed by atoms with Gasteiger partial charge in [-0.2, -0.15) is 5.26 Å². The summed E-state index contributed by atoms with van der Waals surface area (Å²) in [4.78, 5) is 20.0. The van der Waals surface area contributed by atoms with E-state index in [1.807, 2.05) is 18.2 Å². The van der Waals surface area contributed by atoms with E-state index in [0.717, 1.165) is 30.6 Å². The first kappa shape index (κ1) is 23.8. The second kappa shape index (κ2) is 11.2. The Bertz CT molecular complexity index is 1220. The Balaban J connectivity index is 1.57. The third-order valence-electron chi connectivity index (χ3n) is 6.09.